The first-order chi connectivity index (χ1) is 10.6. The van der Waals surface area contributed by atoms with E-state index in [4.69, 9.17) is 11.6 Å². The van der Waals surface area contributed by atoms with Crippen molar-refractivity contribution in [3.63, 3.8) is 0 Å². The van der Waals surface area contributed by atoms with E-state index in [9.17, 15) is 9.59 Å². The normalized spacial score (nSPS) is 10.2. The van der Waals surface area contributed by atoms with Gasteiger partial charge >= 0.3 is 0 Å². The zero-order chi connectivity index (χ0) is 15.8. The van der Waals surface area contributed by atoms with Crippen molar-refractivity contribution in [3.05, 3.63) is 57.2 Å². The predicted octanol–water partition coefficient (Wildman–Crippen LogP) is 3.23. The van der Waals surface area contributed by atoms with Crippen LogP contribution in [0, 0.1) is 0 Å². The Morgan fingerprint density at radius 3 is 2.55 bits per heavy atom. The third-order valence-corrected chi connectivity index (χ3v) is 4.14. The third kappa shape index (κ3) is 5.50. The minimum Gasteiger partial charge on any atom is -0.352 e. The third-order valence-electron chi connectivity index (χ3n) is 3.01. The molecular formula is C16H17ClN2O2S. The van der Waals surface area contributed by atoms with Gasteiger partial charge in [-0.1, -0.05) is 17.7 Å². The summed E-state index contributed by atoms with van der Waals surface area (Å²) in [7, 11) is 0. The number of benzene rings is 1. The second-order valence-corrected chi connectivity index (χ2v) is 6.19. The lowest BCUT2D eigenvalue weighted by Crippen LogP contribution is -2.27. The molecule has 0 unspecified atom stereocenters. The molecule has 2 rings (SSSR count). The van der Waals surface area contributed by atoms with Gasteiger partial charge in [0.05, 0.1) is 6.54 Å². The number of carbonyl (C=O) groups is 2. The van der Waals surface area contributed by atoms with E-state index < -0.39 is 0 Å². The topological polar surface area (TPSA) is 58.2 Å². The van der Waals surface area contributed by atoms with E-state index in [1.54, 1.807) is 35.6 Å². The van der Waals surface area contributed by atoms with Gasteiger partial charge in [0.15, 0.2) is 0 Å². The smallest absolute Gasteiger partial charge is 0.251 e. The number of amides is 2. The van der Waals surface area contributed by atoms with Crippen molar-refractivity contribution in [2.24, 2.45) is 0 Å². The Bertz CT molecular complexity index is 612. The van der Waals surface area contributed by atoms with E-state index in [1.165, 1.54) is 0 Å². The second kappa shape index (κ2) is 8.56. The van der Waals surface area contributed by atoms with Crippen LogP contribution >= 0.6 is 22.9 Å². The molecule has 0 aliphatic heterocycles. The van der Waals surface area contributed by atoms with E-state index in [-0.39, 0.29) is 11.8 Å². The number of hydrogen-bond acceptors (Lipinski definition) is 3. The van der Waals surface area contributed by atoms with Crippen LogP contribution in [0.3, 0.4) is 0 Å². The molecule has 1 heterocycles. The number of hydrogen-bond donors (Lipinski definition) is 2. The summed E-state index contributed by atoms with van der Waals surface area (Å²) in [5.41, 5.74) is 0.562. The molecule has 1 aromatic heterocycles. The van der Waals surface area contributed by atoms with Crippen molar-refractivity contribution in [2.45, 2.75) is 19.4 Å². The molecule has 0 fully saturated rings. The monoisotopic (exact) mass is 336 g/mol. The van der Waals surface area contributed by atoms with Crippen molar-refractivity contribution >= 4 is 34.8 Å². The van der Waals surface area contributed by atoms with E-state index in [1.807, 2.05) is 17.5 Å². The van der Waals surface area contributed by atoms with Crippen LogP contribution in [0.2, 0.25) is 5.02 Å². The minimum absolute atomic E-state index is 0.00542. The van der Waals surface area contributed by atoms with Crippen LogP contribution in [-0.2, 0) is 11.3 Å². The summed E-state index contributed by atoms with van der Waals surface area (Å²) < 4.78 is 0. The van der Waals surface area contributed by atoms with E-state index in [0.717, 1.165) is 4.88 Å². The zero-order valence-corrected chi connectivity index (χ0v) is 13.5. The van der Waals surface area contributed by atoms with Crippen LogP contribution in [-0.4, -0.2) is 18.4 Å². The molecule has 116 valence electrons. The number of carbonyl (C=O) groups excluding carboxylic acids is 2. The SMILES string of the molecule is O=C(CCCNC(=O)c1ccc(Cl)cc1)NCc1cccs1. The van der Waals surface area contributed by atoms with Crippen LogP contribution in [0.5, 0.6) is 0 Å². The average Bonchev–Trinajstić information content (AvgIpc) is 3.03. The first kappa shape index (κ1) is 16.5. The summed E-state index contributed by atoms with van der Waals surface area (Å²) >= 11 is 7.38. The lowest BCUT2D eigenvalue weighted by molar-refractivity contribution is -0.121. The molecule has 0 aliphatic carbocycles. The molecule has 0 bridgehead atoms. The highest BCUT2D eigenvalue weighted by Gasteiger charge is 2.06. The van der Waals surface area contributed by atoms with Gasteiger partial charge in [-0.3, -0.25) is 9.59 Å². The first-order valence-electron chi connectivity index (χ1n) is 6.98. The van der Waals surface area contributed by atoms with Gasteiger partial charge in [0.2, 0.25) is 5.91 Å². The Morgan fingerprint density at radius 2 is 1.86 bits per heavy atom. The van der Waals surface area contributed by atoms with Gasteiger partial charge in [0.1, 0.15) is 0 Å². The summed E-state index contributed by atoms with van der Waals surface area (Å²) in [6, 6.07) is 10.6. The number of halogens is 1. The van der Waals surface area contributed by atoms with E-state index in [2.05, 4.69) is 10.6 Å². The molecule has 22 heavy (non-hydrogen) atoms. The molecule has 0 saturated heterocycles. The van der Waals surface area contributed by atoms with Crippen molar-refractivity contribution in [1.29, 1.82) is 0 Å². The van der Waals surface area contributed by atoms with Crippen molar-refractivity contribution in [2.75, 3.05) is 6.54 Å². The van der Waals surface area contributed by atoms with Gasteiger partial charge < -0.3 is 10.6 Å². The summed E-state index contributed by atoms with van der Waals surface area (Å²) in [5.74, 6) is -0.162. The fraction of sp³-hybridized carbons (Fsp3) is 0.250. The highest BCUT2D eigenvalue weighted by atomic mass is 35.5. The Kier molecular flexibility index (Phi) is 6.43. The number of thiophene rings is 1. The highest BCUT2D eigenvalue weighted by Crippen LogP contribution is 2.09. The summed E-state index contributed by atoms with van der Waals surface area (Å²) in [4.78, 5) is 24.6. The first-order valence-corrected chi connectivity index (χ1v) is 8.24. The highest BCUT2D eigenvalue weighted by molar-refractivity contribution is 7.09. The number of nitrogens with one attached hydrogen (secondary N) is 2. The average molecular weight is 337 g/mol. The molecule has 4 nitrogen and oxygen atoms in total. The van der Waals surface area contributed by atoms with Crippen molar-refractivity contribution in [3.8, 4) is 0 Å². The molecule has 0 atom stereocenters. The molecule has 0 spiro atoms. The van der Waals surface area contributed by atoms with Crippen LogP contribution in [0.15, 0.2) is 41.8 Å². The Morgan fingerprint density at radius 1 is 1.09 bits per heavy atom. The molecule has 0 saturated carbocycles. The summed E-state index contributed by atoms with van der Waals surface area (Å²) in [6.07, 6.45) is 1.00. The Balaban J connectivity index is 1.61. The number of rotatable bonds is 7. The van der Waals surface area contributed by atoms with E-state index >= 15 is 0 Å². The van der Waals surface area contributed by atoms with E-state index in [0.29, 0.717) is 36.5 Å². The summed E-state index contributed by atoms with van der Waals surface area (Å²) in [6.45, 7) is 1.03. The Hall–Kier alpha value is -1.85. The molecule has 0 radical (unpaired) electrons. The maximum atomic E-state index is 11.8. The van der Waals surface area contributed by atoms with Crippen LogP contribution in [0.4, 0.5) is 0 Å². The maximum absolute atomic E-state index is 11.8. The largest absolute Gasteiger partial charge is 0.352 e. The van der Waals surface area contributed by atoms with Gasteiger partial charge in [-0.05, 0) is 42.1 Å². The van der Waals surface area contributed by atoms with Crippen LogP contribution in [0.1, 0.15) is 28.1 Å². The lowest BCUT2D eigenvalue weighted by Gasteiger charge is -2.06. The van der Waals surface area contributed by atoms with Crippen LogP contribution < -0.4 is 10.6 Å². The Labute approximate surface area is 138 Å². The fourth-order valence-corrected chi connectivity index (χ4v) is 2.61. The summed E-state index contributed by atoms with van der Waals surface area (Å²) in [5, 5.41) is 8.21. The van der Waals surface area contributed by atoms with Gasteiger partial charge in [-0.25, -0.2) is 0 Å². The van der Waals surface area contributed by atoms with Gasteiger partial charge in [-0.15, -0.1) is 11.3 Å². The molecule has 2 amide bonds. The van der Waals surface area contributed by atoms with Gasteiger partial charge in [-0.2, -0.15) is 0 Å². The minimum atomic E-state index is -0.157. The quantitative estimate of drug-likeness (QED) is 0.763. The van der Waals surface area contributed by atoms with Crippen molar-refractivity contribution < 1.29 is 9.59 Å². The standard InChI is InChI=1S/C16H17ClN2O2S/c17-13-7-5-12(6-8-13)16(21)18-9-1-4-15(20)19-11-14-3-2-10-22-14/h2-3,5-8,10H,1,4,9,11H2,(H,18,21)(H,19,20). The predicted molar refractivity (Wildman–Crippen MR) is 89.2 cm³/mol. The molecular weight excluding hydrogens is 320 g/mol. The van der Waals surface area contributed by atoms with Crippen LogP contribution in [0.25, 0.3) is 0 Å². The fourth-order valence-electron chi connectivity index (χ4n) is 1.84. The van der Waals surface area contributed by atoms with Gasteiger partial charge in [0, 0.05) is 28.4 Å². The molecule has 1 aromatic carbocycles. The molecule has 2 aromatic rings. The second-order valence-electron chi connectivity index (χ2n) is 4.72. The lowest BCUT2D eigenvalue weighted by atomic mass is 10.2. The molecule has 2 N–H and O–H groups in total. The zero-order valence-electron chi connectivity index (χ0n) is 12.0. The molecule has 6 heteroatoms. The van der Waals surface area contributed by atoms with Crippen molar-refractivity contribution in [1.82, 2.24) is 10.6 Å². The van der Waals surface area contributed by atoms with Gasteiger partial charge in [0.25, 0.3) is 5.91 Å². The maximum Gasteiger partial charge on any atom is 0.251 e. The molecule has 0 aliphatic rings.